The van der Waals surface area contributed by atoms with Gasteiger partial charge in [-0.2, -0.15) is 0 Å². The zero-order chi connectivity index (χ0) is 12.1. The van der Waals surface area contributed by atoms with Crippen LogP contribution in [0.2, 0.25) is 0 Å². The minimum absolute atomic E-state index is 0.184. The van der Waals surface area contributed by atoms with Gasteiger partial charge in [0, 0.05) is 6.04 Å². The van der Waals surface area contributed by atoms with E-state index in [2.05, 4.69) is 4.74 Å². The Morgan fingerprint density at radius 2 is 2.12 bits per heavy atom. The van der Waals surface area contributed by atoms with Crippen molar-refractivity contribution in [2.75, 3.05) is 14.2 Å². The van der Waals surface area contributed by atoms with Crippen LogP contribution in [-0.2, 0) is 9.53 Å². The predicted octanol–water partition coefficient (Wildman–Crippen LogP) is 1.57. The lowest BCUT2D eigenvalue weighted by Crippen LogP contribution is -2.17. The van der Waals surface area contributed by atoms with Crippen LogP contribution in [0.4, 0.5) is 0 Å². The second-order valence-corrected chi connectivity index (χ2v) is 3.61. The molecule has 0 saturated carbocycles. The van der Waals surface area contributed by atoms with Crippen LogP contribution in [0.5, 0.6) is 5.75 Å². The third-order valence-electron chi connectivity index (χ3n) is 2.49. The number of esters is 1. The highest BCUT2D eigenvalue weighted by molar-refractivity contribution is 5.70. The molecule has 0 radical (unpaired) electrons. The summed E-state index contributed by atoms with van der Waals surface area (Å²) in [5.41, 5.74) is 7.87. The minimum Gasteiger partial charge on any atom is -0.497 e. The first-order valence-corrected chi connectivity index (χ1v) is 5.05. The summed E-state index contributed by atoms with van der Waals surface area (Å²) in [6.45, 7) is 1.94. The molecule has 4 nitrogen and oxygen atoms in total. The lowest BCUT2D eigenvalue weighted by molar-refractivity contribution is -0.141. The molecule has 0 amide bonds. The summed E-state index contributed by atoms with van der Waals surface area (Å²) >= 11 is 0. The maximum absolute atomic E-state index is 11.1. The first-order chi connectivity index (χ1) is 7.58. The Morgan fingerprint density at radius 1 is 1.44 bits per heavy atom. The number of rotatable bonds is 4. The average Bonchev–Trinajstić information content (AvgIpc) is 2.28. The van der Waals surface area contributed by atoms with Crippen LogP contribution in [0.15, 0.2) is 18.2 Å². The molecule has 1 aromatic carbocycles. The number of ether oxygens (including phenoxy) is 2. The van der Waals surface area contributed by atoms with E-state index in [0.717, 1.165) is 16.9 Å². The standard InChI is InChI=1S/C12H17NO3/c1-8-6-9(15-2)4-5-10(8)11(13)7-12(14)16-3/h4-6,11H,7,13H2,1-3H3/t11-/m1/s1. The summed E-state index contributed by atoms with van der Waals surface area (Å²) in [5, 5.41) is 0. The molecule has 2 N–H and O–H groups in total. The maximum atomic E-state index is 11.1. The van der Waals surface area contributed by atoms with Crippen LogP contribution in [0.25, 0.3) is 0 Å². The number of carbonyl (C=O) groups is 1. The largest absolute Gasteiger partial charge is 0.497 e. The molecule has 16 heavy (non-hydrogen) atoms. The van der Waals surface area contributed by atoms with Gasteiger partial charge >= 0.3 is 5.97 Å². The smallest absolute Gasteiger partial charge is 0.307 e. The van der Waals surface area contributed by atoms with E-state index in [1.807, 2.05) is 25.1 Å². The molecule has 0 unspecified atom stereocenters. The number of benzene rings is 1. The van der Waals surface area contributed by atoms with Crippen molar-refractivity contribution < 1.29 is 14.3 Å². The lowest BCUT2D eigenvalue weighted by Gasteiger charge is -2.14. The Morgan fingerprint density at radius 3 is 2.62 bits per heavy atom. The van der Waals surface area contributed by atoms with E-state index in [0.29, 0.717) is 0 Å². The number of carbonyl (C=O) groups excluding carboxylic acids is 1. The van der Waals surface area contributed by atoms with E-state index in [-0.39, 0.29) is 18.4 Å². The molecule has 0 saturated heterocycles. The normalized spacial score (nSPS) is 12.0. The highest BCUT2D eigenvalue weighted by Gasteiger charge is 2.14. The Balaban J connectivity index is 2.83. The molecule has 0 bridgehead atoms. The molecule has 4 heteroatoms. The van der Waals surface area contributed by atoms with Crippen molar-refractivity contribution in [3.8, 4) is 5.75 Å². The molecular weight excluding hydrogens is 206 g/mol. The summed E-state index contributed by atoms with van der Waals surface area (Å²) in [6, 6.07) is 5.27. The van der Waals surface area contributed by atoms with Crippen LogP contribution in [0.1, 0.15) is 23.6 Å². The van der Waals surface area contributed by atoms with Crippen LogP contribution in [-0.4, -0.2) is 20.2 Å². The van der Waals surface area contributed by atoms with Crippen LogP contribution < -0.4 is 10.5 Å². The number of nitrogens with two attached hydrogens (primary N) is 1. The Hall–Kier alpha value is -1.55. The fraction of sp³-hybridized carbons (Fsp3) is 0.417. The van der Waals surface area contributed by atoms with Gasteiger partial charge in [-0.15, -0.1) is 0 Å². The number of hydrogen-bond donors (Lipinski definition) is 1. The zero-order valence-corrected chi connectivity index (χ0v) is 9.82. The Bertz CT molecular complexity index is 377. The van der Waals surface area contributed by atoms with Gasteiger partial charge in [0.25, 0.3) is 0 Å². The Labute approximate surface area is 95.3 Å². The molecule has 0 aliphatic rings. The molecule has 88 valence electrons. The number of hydrogen-bond acceptors (Lipinski definition) is 4. The van der Waals surface area contributed by atoms with Crippen LogP contribution in [0, 0.1) is 6.92 Å². The summed E-state index contributed by atoms with van der Waals surface area (Å²) < 4.78 is 9.68. The summed E-state index contributed by atoms with van der Waals surface area (Å²) in [7, 11) is 2.97. The van der Waals surface area contributed by atoms with Crippen molar-refractivity contribution in [1.82, 2.24) is 0 Å². The molecule has 0 spiro atoms. The van der Waals surface area contributed by atoms with Gasteiger partial charge in [-0.05, 0) is 30.2 Å². The highest BCUT2D eigenvalue weighted by Crippen LogP contribution is 2.23. The van der Waals surface area contributed by atoms with Gasteiger partial charge in [-0.1, -0.05) is 6.07 Å². The molecule has 0 aromatic heterocycles. The number of aryl methyl sites for hydroxylation is 1. The van der Waals surface area contributed by atoms with E-state index >= 15 is 0 Å². The third-order valence-corrected chi connectivity index (χ3v) is 2.49. The summed E-state index contributed by atoms with van der Waals surface area (Å²) in [6.07, 6.45) is 0.184. The topological polar surface area (TPSA) is 61.5 Å². The minimum atomic E-state index is -0.335. The molecule has 1 rings (SSSR count). The maximum Gasteiger partial charge on any atom is 0.307 e. The van der Waals surface area contributed by atoms with Crippen molar-refractivity contribution >= 4 is 5.97 Å². The predicted molar refractivity (Wildman–Crippen MR) is 61.3 cm³/mol. The molecule has 1 atom stereocenters. The zero-order valence-electron chi connectivity index (χ0n) is 9.82. The van der Waals surface area contributed by atoms with Gasteiger partial charge in [0.05, 0.1) is 20.6 Å². The monoisotopic (exact) mass is 223 g/mol. The molecule has 0 aliphatic heterocycles. The van der Waals surface area contributed by atoms with Gasteiger partial charge in [0.1, 0.15) is 5.75 Å². The summed E-state index contributed by atoms with van der Waals surface area (Å²) in [4.78, 5) is 11.1. The second-order valence-electron chi connectivity index (χ2n) is 3.61. The second kappa shape index (κ2) is 5.51. The molecular formula is C12H17NO3. The van der Waals surface area contributed by atoms with Gasteiger partial charge in [0.2, 0.25) is 0 Å². The van der Waals surface area contributed by atoms with Gasteiger partial charge in [-0.25, -0.2) is 0 Å². The first kappa shape index (κ1) is 12.5. The van der Waals surface area contributed by atoms with Gasteiger partial charge < -0.3 is 15.2 Å². The van der Waals surface area contributed by atoms with Crippen molar-refractivity contribution in [2.45, 2.75) is 19.4 Å². The van der Waals surface area contributed by atoms with Crippen molar-refractivity contribution in [3.05, 3.63) is 29.3 Å². The fourth-order valence-corrected chi connectivity index (χ4v) is 1.56. The van der Waals surface area contributed by atoms with E-state index in [1.165, 1.54) is 7.11 Å². The first-order valence-electron chi connectivity index (χ1n) is 5.05. The lowest BCUT2D eigenvalue weighted by atomic mass is 9.99. The van der Waals surface area contributed by atoms with Gasteiger partial charge in [-0.3, -0.25) is 4.79 Å². The van der Waals surface area contributed by atoms with E-state index in [9.17, 15) is 4.79 Å². The quantitative estimate of drug-likeness (QED) is 0.787. The highest BCUT2D eigenvalue weighted by atomic mass is 16.5. The van der Waals surface area contributed by atoms with Crippen molar-refractivity contribution in [3.63, 3.8) is 0 Å². The SMILES string of the molecule is COC(=O)C[C@@H](N)c1ccc(OC)cc1C. The van der Waals surface area contributed by atoms with Crippen molar-refractivity contribution in [2.24, 2.45) is 5.73 Å². The molecule has 0 heterocycles. The molecule has 0 aliphatic carbocycles. The Kier molecular flexibility index (Phi) is 4.31. The van der Waals surface area contributed by atoms with Crippen molar-refractivity contribution in [1.29, 1.82) is 0 Å². The van der Waals surface area contributed by atoms with E-state index < -0.39 is 0 Å². The third kappa shape index (κ3) is 2.97. The summed E-state index contributed by atoms with van der Waals surface area (Å²) in [5.74, 6) is 0.481. The van der Waals surface area contributed by atoms with Crippen LogP contribution >= 0.6 is 0 Å². The fourth-order valence-electron chi connectivity index (χ4n) is 1.56. The number of methoxy groups -OCH3 is 2. The van der Waals surface area contributed by atoms with Gasteiger partial charge in [0.15, 0.2) is 0 Å². The average molecular weight is 223 g/mol. The van der Waals surface area contributed by atoms with E-state index in [1.54, 1.807) is 7.11 Å². The molecule has 1 aromatic rings. The van der Waals surface area contributed by atoms with Crippen LogP contribution in [0.3, 0.4) is 0 Å². The molecule has 0 fully saturated rings. The van der Waals surface area contributed by atoms with E-state index in [4.69, 9.17) is 10.5 Å².